The lowest BCUT2D eigenvalue weighted by Gasteiger charge is -2.34. The summed E-state index contributed by atoms with van der Waals surface area (Å²) in [5.74, 6) is 0.797. The number of rotatable bonds is 5. The van der Waals surface area contributed by atoms with E-state index < -0.39 is 5.97 Å². The fourth-order valence-electron chi connectivity index (χ4n) is 3.52. The van der Waals surface area contributed by atoms with Crippen molar-refractivity contribution in [3.8, 4) is 11.5 Å². The number of ether oxygens (including phenoxy) is 1. The van der Waals surface area contributed by atoms with Crippen molar-refractivity contribution < 1.29 is 18.7 Å². The first-order chi connectivity index (χ1) is 13.0. The van der Waals surface area contributed by atoms with E-state index in [1.54, 1.807) is 6.92 Å². The lowest BCUT2D eigenvalue weighted by Crippen LogP contribution is -2.45. The quantitative estimate of drug-likeness (QED) is 0.811. The maximum Gasteiger partial charge on any atom is 0.361 e. The number of benzene rings is 1. The van der Waals surface area contributed by atoms with Gasteiger partial charge in [-0.15, -0.1) is 0 Å². The number of oxazole rings is 1. The number of aromatic nitrogens is 1. The first kappa shape index (κ1) is 19.1. The highest BCUT2D eigenvalue weighted by Crippen LogP contribution is 2.29. The van der Waals surface area contributed by atoms with E-state index in [2.05, 4.69) is 24.1 Å². The van der Waals surface area contributed by atoms with Crippen molar-refractivity contribution in [3.05, 3.63) is 41.8 Å². The van der Waals surface area contributed by atoms with Crippen LogP contribution in [0.4, 0.5) is 0 Å². The molecule has 1 aliphatic carbocycles. The number of carbonyl (C=O) groups is 2. The molecule has 1 aliphatic rings. The number of amides is 1. The second-order valence-corrected chi connectivity index (χ2v) is 7.31. The molecule has 1 N–H and O–H groups in total. The zero-order chi connectivity index (χ0) is 19.4. The van der Waals surface area contributed by atoms with Crippen LogP contribution in [0, 0.1) is 18.8 Å². The molecule has 27 heavy (non-hydrogen) atoms. The van der Waals surface area contributed by atoms with Gasteiger partial charge in [0.15, 0.2) is 12.3 Å². The van der Waals surface area contributed by atoms with Gasteiger partial charge < -0.3 is 14.5 Å². The van der Waals surface area contributed by atoms with Gasteiger partial charge in [0.25, 0.3) is 5.91 Å². The summed E-state index contributed by atoms with van der Waals surface area (Å²) < 4.78 is 10.7. The zero-order valence-electron chi connectivity index (χ0n) is 16.0. The molecular formula is C21H26N2O4. The zero-order valence-corrected chi connectivity index (χ0v) is 16.0. The Kier molecular flexibility index (Phi) is 5.94. The molecule has 0 spiro atoms. The second-order valence-electron chi connectivity index (χ2n) is 7.31. The summed E-state index contributed by atoms with van der Waals surface area (Å²) in [5.41, 5.74) is 0.874. The van der Waals surface area contributed by atoms with E-state index in [0.717, 1.165) is 18.4 Å². The highest BCUT2D eigenvalue weighted by atomic mass is 16.5. The van der Waals surface area contributed by atoms with Crippen molar-refractivity contribution >= 4 is 11.9 Å². The van der Waals surface area contributed by atoms with Gasteiger partial charge in [0, 0.05) is 11.6 Å². The third-order valence-corrected chi connectivity index (χ3v) is 5.40. The van der Waals surface area contributed by atoms with Gasteiger partial charge in [-0.25, -0.2) is 9.78 Å². The normalized spacial score (nSPS) is 22.3. The predicted octanol–water partition coefficient (Wildman–Crippen LogP) is 3.75. The molecule has 144 valence electrons. The first-order valence-electron chi connectivity index (χ1n) is 9.45. The Balaban J connectivity index is 1.56. The Labute approximate surface area is 159 Å². The Morgan fingerprint density at radius 2 is 1.96 bits per heavy atom. The van der Waals surface area contributed by atoms with Gasteiger partial charge >= 0.3 is 5.97 Å². The molecule has 1 amide bonds. The molecule has 6 heteroatoms. The van der Waals surface area contributed by atoms with Crippen molar-refractivity contribution in [2.75, 3.05) is 6.61 Å². The smallest absolute Gasteiger partial charge is 0.361 e. The van der Waals surface area contributed by atoms with Crippen molar-refractivity contribution in [2.24, 2.45) is 11.8 Å². The molecule has 1 heterocycles. The molecule has 0 unspecified atom stereocenters. The van der Waals surface area contributed by atoms with Crippen LogP contribution in [0.1, 0.15) is 49.4 Å². The van der Waals surface area contributed by atoms with Crippen molar-refractivity contribution in [2.45, 2.75) is 46.1 Å². The lowest BCUT2D eigenvalue weighted by molar-refractivity contribution is -0.125. The minimum Gasteiger partial charge on any atom is -0.451 e. The van der Waals surface area contributed by atoms with Gasteiger partial charge in [0.2, 0.25) is 5.89 Å². The SMILES string of the molecule is Cc1oc(-c2ccccc2)nc1C(=O)OCC(=O)N[C@H]1CCC[C@@H](C)[C@@H]1C. The lowest BCUT2D eigenvalue weighted by atomic mass is 9.78. The van der Waals surface area contributed by atoms with Crippen LogP contribution in [0.3, 0.4) is 0 Å². The van der Waals surface area contributed by atoms with Crippen LogP contribution >= 0.6 is 0 Å². The maximum absolute atomic E-state index is 12.3. The molecule has 1 aromatic carbocycles. The number of esters is 1. The standard InChI is InChI=1S/C21H26N2O4/c1-13-8-7-11-17(14(13)2)22-18(24)12-26-21(25)19-15(3)27-20(23-19)16-9-5-4-6-10-16/h4-6,9-10,13-14,17H,7-8,11-12H2,1-3H3,(H,22,24)/t13-,14+,17+/m1/s1. The van der Waals surface area contributed by atoms with E-state index in [1.807, 2.05) is 30.3 Å². The summed E-state index contributed by atoms with van der Waals surface area (Å²) in [6.07, 6.45) is 3.27. The number of aryl methyl sites for hydroxylation is 1. The van der Waals surface area contributed by atoms with Crippen molar-refractivity contribution in [1.29, 1.82) is 0 Å². The summed E-state index contributed by atoms with van der Waals surface area (Å²) in [6, 6.07) is 9.45. The number of hydrogen-bond donors (Lipinski definition) is 1. The van der Waals surface area contributed by atoms with Gasteiger partial charge in [-0.1, -0.05) is 44.9 Å². The Morgan fingerprint density at radius 1 is 1.22 bits per heavy atom. The molecule has 2 aromatic rings. The van der Waals surface area contributed by atoms with Crippen LogP contribution in [0.5, 0.6) is 0 Å². The minimum absolute atomic E-state index is 0.0984. The van der Waals surface area contributed by atoms with Crippen LogP contribution < -0.4 is 5.32 Å². The van der Waals surface area contributed by atoms with Gasteiger partial charge in [-0.05, 0) is 37.3 Å². The van der Waals surface area contributed by atoms with E-state index in [9.17, 15) is 9.59 Å². The molecule has 0 saturated heterocycles. The third-order valence-electron chi connectivity index (χ3n) is 5.40. The highest BCUT2D eigenvalue weighted by molar-refractivity contribution is 5.91. The molecule has 6 nitrogen and oxygen atoms in total. The van der Waals surface area contributed by atoms with Crippen LogP contribution in [0.25, 0.3) is 11.5 Å². The average Bonchev–Trinajstić information content (AvgIpc) is 3.06. The second kappa shape index (κ2) is 8.37. The van der Waals surface area contributed by atoms with Gasteiger partial charge in [0.05, 0.1) is 0 Å². The largest absolute Gasteiger partial charge is 0.451 e. The van der Waals surface area contributed by atoms with E-state index in [0.29, 0.717) is 23.5 Å². The fraction of sp³-hybridized carbons (Fsp3) is 0.476. The van der Waals surface area contributed by atoms with Crippen LogP contribution in [-0.2, 0) is 9.53 Å². The van der Waals surface area contributed by atoms with Crippen LogP contribution in [0.2, 0.25) is 0 Å². The van der Waals surface area contributed by atoms with Crippen molar-refractivity contribution in [1.82, 2.24) is 10.3 Å². The molecule has 0 radical (unpaired) electrons. The average molecular weight is 370 g/mol. The molecule has 1 aromatic heterocycles. The van der Waals surface area contributed by atoms with Gasteiger partial charge in [0.1, 0.15) is 5.76 Å². The van der Waals surface area contributed by atoms with Gasteiger partial charge in [-0.3, -0.25) is 4.79 Å². The number of hydrogen-bond acceptors (Lipinski definition) is 5. The first-order valence-corrected chi connectivity index (χ1v) is 9.45. The molecule has 0 aliphatic heterocycles. The summed E-state index contributed by atoms with van der Waals surface area (Å²) in [5, 5.41) is 2.99. The third kappa shape index (κ3) is 4.56. The summed E-state index contributed by atoms with van der Waals surface area (Å²) in [4.78, 5) is 28.7. The summed E-state index contributed by atoms with van der Waals surface area (Å²) >= 11 is 0. The van der Waals surface area contributed by atoms with Crippen molar-refractivity contribution in [3.63, 3.8) is 0 Å². The monoisotopic (exact) mass is 370 g/mol. The Bertz CT molecular complexity index is 800. The minimum atomic E-state index is -0.654. The van der Waals surface area contributed by atoms with Crippen LogP contribution in [0.15, 0.2) is 34.7 Å². The highest BCUT2D eigenvalue weighted by Gasteiger charge is 2.28. The van der Waals surface area contributed by atoms with E-state index in [4.69, 9.17) is 9.15 Å². The number of carbonyl (C=O) groups excluding carboxylic acids is 2. The maximum atomic E-state index is 12.3. The predicted molar refractivity (Wildman–Crippen MR) is 101 cm³/mol. The fourth-order valence-corrected chi connectivity index (χ4v) is 3.52. The van der Waals surface area contributed by atoms with Crippen LogP contribution in [-0.4, -0.2) is 29.5 Å². The summed E-state index contributed by atoms with van der Waals surface area (Å²) in [7, 11) is 0. The molecule has 3 rings (SSSR count). The summed E-state index contributed by atoms with van der Waals surface area (Å²) in [6.45, 7) is 5.70. The van der Waals surface area contributed by atoms with Gasteiger partial charge in [-0.2, -0.15) is 0 Å². The van der Waals surface area contributed by atoms with E-state index >= 15 is 0 Å². The van der Waals surface area contributed by atoms with E-state index in [1.165, 1.54) is 6.42 Å². The molecule has 3 atom stereocenters. The molecule has 0 bridgehead atoms. The Hall–Kier alpha value is -2.63. The van der Waals surface area contributed by atoms with E-state index in [-0.39, 0.29) is 24.2 Å². The molecule has 1 fully saturated rings. The molecular weight excluding hydrogens is 344 g/mol. The topological polar surface area (TPSA) is 81.4 Å². The molecule has 1 saturated carbocycles. The number of nitrogens with zero attached hydrogens (tertiary/aromatic N) is 1. The number of nitrogens with one attached hydrogen (secondary N) is 1. The Morgan fingerprint density at radius 3 is 2.70 bits per heavy atom.